The van der Waals surface area contributed by atoms with E-state index < -0.39 is 6.04 Å². The fourth-order valence-corrected chi connectivity index (χ4v) is 3.28. The summed E-state index contributed by atoms with van der Waals surface area (Å²) in [7, 11) is 0. The van der Waals surface area contributed by atoms with Gasteiger partial charge in [0.2, 0.25) is 23.5 Å². The summed E-state index contributed by atoms with van der Waals surface area (Å²) >= 11 is 0. The molecular formula is C20H26N4O3. The summed E-state index contributed by atoms with van der Waals surface area (Å²) in [6.45, 7) is 8.77. The normalized spacial score (nSPS) is 17.9. The first-order valence-corrected chi connectivity index (χ1v) is 9.37. The van der Waals surface area contributed by atoms with Crippen molar-refractivity contribution in [1.29, 1.82) is 0 Å². The van der Waals surface area contributed by atoms with Crippen molar-refractivity contribution in [3.05, 3.63) is 35.7 Å². The van der Waals surface area contributed by atoms with Crippen LogP contribution in [-0.4, -0.2) is 50.9 Å². The lowest BCUT2D eigenvalue weighted by molar-refractivity contribution is -0.157. The molecule has 7 heteroatoms. The topological polar surface area (TPSA) is 79.5 Å². The van der Waals surface area contributed by atoms with Crippen LogP contribution >= 0.6 is 0 Å². The molecule has 1 aliphatic rings. The molecule has 1 aliphatic heterocycles. The molecule has 0 unspecified atom stereocenters. The highest BCUT2D eigenvalue weighted by Crippen LogP contribution is 2.23. The van der Waals surface area contributed by atoms with Gasteiger partial charge in [-0.2, -0.15) is 4.98 Å². The van der Waals surface area contributed by atoms with E-state index in [0.717, 1.165) is 11.1 Å². The first kappa shape index (κ1) is 19.1. The zero-order valence-corrected chi connectivity index (χ0v) is 16.3. The smallest absolute Gasteiger partial charge is 0.246 e. The van der Waals surface area contributed by atoms with Gasteiger partial charge in [-0.3, -0.25) is 9.59 Å². The minimum atomic E-state index is -0.485. The number of nitrogens with zero attached hydrogens (tertiary/aromatic N) is 4. The van der Waals surface area contributed by atoms with Gasteiger partial charge in [-0.25, -0.2) is 0 Å². The fourth-order valence-electron chi connectivity index (χ4n) is 3.28. The summed E-state index contributed by atoms with van der Waals surface area (Å²) in [5.74, 6) is 1.01. The Morgan fingerprint density at radius 2 is 1.93 bits per heavy atom. The van der Waals surface area contributed by atoms with Gasteiger partial charge >= 0.3 is 0 Å². The molecule has 0 N–H and O–H groups in total. The second kappa shape index (κ2) is 7.90. The lowest BCUT2D eigenvalue weighted by Crippen LogP contribution is -2.59. The highest BCUT2D eigenvalue weighted by Gasteiger charge is 2.39. The van der Waals surface area contributed by atoms with Crippen LogP contribution in [0, 0.1) is 12.8 Å². The molecule has 1 fully saturated rings. The van der Waals surface area contributed by atoms with Crippen molar-refractivity contribution in [2.75, 3.05) is 13.1 Å². The standard InChI is InChI=1S/C20H26N4O3/c1-5-23-12-18(25)24(16(20(23)26)10-13(2)3)11-17-21-19(22-27-17)15-8-6-14(4)7-9-15/h6-9,13,16H,5,10-12H2,1-4H3/t16-/m0/s1. The summed E-state index contributed by atoms with van der Waals surface area (Å²) in [5.41, 5.74) is 2.00. The van der Waals surface area contributed by atoms with Crippen LogP contribution in [0.4, 0.5) is 0 Å². The average Bonchev–Trinajstić information content (AvgIpc) is 3.10. The average molecular weight is 370 g/mol. The minimum absolute atomic E-state index is 0.0101. The molecule has 1 atom stereocenters. The first-order valence-electron chi connectivity index (χ1n) is 9.37. The molecule has 2 amide bonds. The van der Waals surface area contributed by atoms with Crippen molar-refractivity contribution in [2.45, 2.75) is 46.7 Å². The molecule has 144 valence electrons. The second-order valence-corrected chi connectivity index (χ2v) is 7.40. The van der Waals surface area contributed by atoms with E-state index in [-0.39, 0.29) is 30.8 Å². The Morgan fingerprint density at radius 3 is 2.56 bits per heavy atom. The number of aryl methyl sites for hydroxylation is 1. The molecular weight excluding hydrogens is 344 g/mol. The lowest BCUT2D eigenvalue weighted by Gasteiger charge is -2.40. The molecule has 0 radical (unpaired) electrons. The zero-order chi connectivity index (χ0) is 19.6. The van der Waals surface area contributed by atoms with Crippen LogP contribution in [0.25, 0.3) is 11.4 Å². The quantitative estimate of drug-likeness (QED) is 0.781. The SMILES string of the molecule is CCN1CC(=O)N(Cc2nc(-c3ccc(C)cc3)no2)[C@@H](CC(C)C)C1=O. The predicted molar refractivity (Wildman–Crippen MR) is 101 cm³/mol. The van der Waals surface area contributed by atoms with Gasteiger partial charge in [-0.05, 0) is 26.2 Å². The van der Waals surface area contributed by atoms with Crippen LogP contribution in [0.5, 0.6) is 0 Å². The highest BCUT2D eigenvalue weighted by molar-refractivity contribution is 5.94. The minimum Gasteiger partial charge on any atom is -0.337 e. The number of benzene rings is 1. The van der Waals surface area contributed by atoms with E-state index in [1.807, 2.05) is 52.0 Å². The van der Waals surface area contributed by atoms with Gasteiger partial charge in [-0.1, -0.05) is 48.8 Å². The molecule has 7 nitrogen and oxygen atoms in total. The molecule has 2 aromatic rings. The number of likely N-dealkylation sites (N-methyl/N-ethyl adjacent to an activating group) is 1. The molecule has 1 saturated heterocycles. The van der Waals surface area contributed by atoms with Gasteiger partial charge in [0.1, 0.15) is 12.6 Å². The number of piperazine rings is 1. The maximum Gasteiger partial charge on any atom is 0.246 e. The third-order valence-corrected chi connectivity index (χ3v) is 4.78. The van der Waals surface area contributed by atoms with E-state index in [2.05, 4.69) is 10.1 Å². The third-order valence-electron chi connectivity index (χ3n) is 4.78. The van der Waals surface area contributed by atoms with Gasteiger partial charge in [0.15, 0.2) is 0 Å². The van der Waals surface area contributed by atoms with Gasteiger partial charge in [0.25, 0.3) is 0 Å². The predicted octanol–water partition coefficient (Wildman–Crippen LogP) is 2.65. The molecule has 0 saturated carbocycles. The first-order chi connectivity index (χ1) is 12.9. The van der Waals surface area contributed by atoms with Crippen molar-refractivity contribution in [3.8, 4) is 11.4 Å². The van der Waals surface area contributed by atoms with Crippen LogP contribution in [-0.2, 0) is 16.1 Å². The van der Waals surface area contributed by atoms with Gasteiger partial charge in [-0.15, -0.1) is 0 Å². The Bertz CT molecular complexity index is 813. The number of amides is 2. The number of hydrogen-bond donors (Lipinski definition) is 0. The number of hydrogen-bond acceptors (Lipinski definition) is 5. The largest absolute Gasteiger partial charge is 0.337 e. The second-order valence-electron chi connectivity index (χ2n) is 7.40. The molecule has 3 rings (SSSR count). The van der Waals surface area contributed by atoms with Crippen molar-refractivity contribution >= 4 is 11.8 Å². The zero-order valence-electron chi connectivity index (χ0n) is 16.3. The number of carbonyl (C=O) groups is 2. The number of rotatable bonds is 6. The van der Waals surface area contributed by atoms with E-state index >= 15 is 0 Å². The van der Waals surface area contributed by atoms with Crippen LogP contribution in [0.15, 0.2) is 28.8 Å². The summed E-state index contributed by atoms with van der Waals surface area (Å²) in [6, 6.07) is 7.34. The molecule has 1 aromatic heterocycles. The van der Waals surface area contributed by atoms with Gasteiger partial charge in [0.05, 0.1) is 6.54 Å². The molecule has 27 heavy (non-hydrogen) atoms. The highest BCUT2D eigenvalue weighted by atomic mass is 16.5. The van der Waals surface area contributed by atoms with E-state index in [1.165, 1.54) is 0 Å². The van der Waals surface area contributed by atoms with Crippen LogP contribution in [0.2, 0.25) is 0 Å². The molecule has 2 heterocycles. The Morgan fingerprint density at radius 1 is 1.22 bits per heavy atom. The Hall–Kier alpha value is -2.70. The van der Waals surface area contributed by atoms with E-state index in [0.29, 0.717) is 24.7 Å². The van der Waals surface area contributed by atoms with E-state index in [1.54, 1.807) is 9.80 Å². The monoisotopic (exact) mass is 370 g/mol. The Labute approximate surface area is 159 Å². The van der Waals surface area contributed by atoms with E-state index in [4.69, 9.17) is 4.52 Å². The molecule has 0 bridgehead atoms. The summed E-state index contributed by atoms with van der Waals surface area (Å²) in [6.07, 6.45) is 0.611. The summed E-state index contributed by atoms with van der Waals surface area (Å²) in [5, 5.41) is 4.02. The Kier molecular flexibility index (Phi) is 5.58. The van der Waals surface area contributed by atoms with E-state index in [9.17, 15) is 9.59 Å². The number of carbonyl (C=O) groups excluding carboxylic acids is 2. The van der Waals surface area contributed by atoms with Crippen LogP contribution in [0.3, 0.4) is 0 Å². The van der Waals surface area contributed by atoms with Crippen LogP contribution < -0.4 is 0 Å². The van der Waals surface area contributed by atoms with Crippen molar-refractivity contribution in [2.24, 2.45) is 5.92 Å². The van der Waals surface area contributed by atoms with Gasteiger partial charge < -0.3 is 14.3 Å². The maximum absolute atomic E-state index is 12.8. The lowest BCUT2D eigenvalue weighted by atomic mass is 9.99. The number of aromatic nitrogens is 2. The summed E-state index contributed by atoms with van der Waals surface area (Å²) < 4.78 is 5.36. The third kappa shape index (κ3) is 4.18. The van der Waals surface area contributed by atoms with Gasteiger partial charge in [0, 0.05) is 12.1 Å². The summed E-state index contributed by atoms with van der Waals surface area (Å²) in [4.78, 5) is 33.0. The van der Waals surface area contributed by atoms with Crippen molar-refractivity contribution in [1.82, 2.24) is 19.9 Å². The maximum atomic E-state index is 12.8. The van der Waals surface area contributed by atoms with Crippen molar-refractivity contribution in [3.63, 3.8) is 0 Å². The molecule has 0 aliphatic carbocycles. The Balaban J connectivity index is 1.81. The molecule has 0 spiro atoms. The fraction of sp³-hybridized carbons (Fsp3) is 0.500. The van der Waals surface area contributed by atoms with Crippen LogP contribution in [0.1, 0.15) is 38.6 Å². The molecule has 1 aromatic carbocycles. The van der Waals surface area contributed by atoms with Crippen molar-refractivity contribution < 1.29 is 14.1 Å².